The topological polar surface area (TPSA) is 102 Å². The molecule has 0 amide bonds. The molecule has 0 radical (unpaired) electrons. The third-order valence-corrected chi connectivity index (χ3v) is 5.37. The van der Waals surface area contributed by atoms with Gasteiger partial charge in [-0.3, -0.25) is 9.10 Å². The molecule has 0 fully saturated rings. The zero-order valence-electron chi connectivity index (χ0n) is 14.5. The number of sulfonamides is 1. The predicted molar refractivity (Wildman–Crippen MR) is 94.7 cm³/mol. The number of hydrogen-bond donors (Lipinski definition) is 1. The molecule has 0 atom stereocenters. The van der Waals surface area contributed by atoms with E-state index in [2.05, 4.69) is 0 Å². The van der Waals surface area contributed by atoms with Gasteiger partial charge in [0.1, 0.15) is 12.3 Å². The Kier molecular flexibility index (Phi) is 5.93. The van der Waals surface area contributed by atoms with Crippen molar-refractivity contribution in [3.05, 3.63) is 42.5 Å². The number of ether oxygens (including phenoxy) is 3. The summed E-state index contributed by atoms with van der Waals surface area (Å²) in [6.07, 6.45) is 0. The predicted octanol–water partition coefficient (Wildman–Crippen LogP) is 1.99. The molecule has 2 aromatic carbocycles. The molecule has 9 heteroatoms. The Balaban J connectivity index is 2.54. The maximum Gasteiger partial charge on any atom is 0.324 e. The summed E-state index contributed by atoms with van der Waals surface area (Å²) in [5.74, 6) is -0.129. The van der Waals surface area contributed by atoms with Crippen LogP contribution < -0.4 is 18.5 Å². The van der Waals surface area contributed by atoms with E-state index in [-0.39, 0.29) is 16.3 Å². The number of carboxylic acids is 1. The van der Waals surface area contributed by atoms with Crippen LogP contribution in [0.25, 0.3) is 0 Å². The lowest BCUT2D eigenvalue weighted by molar-refractivity contribution is -0.135. The number of methoxy groups -OCH3 is 3. The lowest BCUT2D eigenvalue weighted by Crippen LogP contribution is -2.35. The van der Waals surface area contributed by atoms with Crippen molar-refractivity contribution >= 4 is 21.7 Å². The molecule has 26 heavy (non-hydrogen) atoms. The Morgan fingerprint density at radius 2 is 1.58 bits per heavy atom. The van der Waals surface area contributed by atoms with Crippen LogP contribution in [0.4, 0.5) is 5.69 Å². The second-order valence-corrected chi connectivity index (χ2v) is 6.98. The van der Waals surface area contributed by atoms with Crippen LogP contribution in [0.3, 0.4) is 0 Å². The number of anilines is 1. The van der Waals surface area contributed by atoms with Gasteiger partial charge in [0.2, 0.25) is 0 Å². The van der Waals surface area contributed by atoms with Crippen molar-refractivity contribution in [3.63, 3.8) is 0 Å². The fourth-order valence-corrected chi connectivity index (χ4v) is 3.70. The van der Waals surface area contributed by atoms with E-state index in [4.69, 9.17) is 14.2 Å². The van der Waals surface area contributed by atoms with Crippen molar-refractivity contribution in [1.82, 2.24) is 0 Å². The van der Waals surface area contributed by atoms with Gasteiger partial charge < -0.3 is 19.3 Å². The van der Waals surface area contributed by atoms with E-state index < -0.39 is 22.5 Å². The van der Waals surface area contributed by atoms with Gasteiger partial charge in [-0.05, 0) is 36.4 Å². The molecular weight excluding hydrogens is 362 g/mol. The second kappa shape index (κ2) is 7.96. The molecule has 0 saturated carbocycles. The first-order chi connectivity index (χ1) is 12.3. The zero-order valence-corrected chi connectivity index (χ0v) is 15.3. The molecule has 0 heterocycles. The number of rotatable bonds is 8. The lowest BCUT2D eigenvalue weighted by Gasteiger charge is -2.23. The van der Waals surface area contributed by atoms with Crippen LogP contribution in [-0.2, 0) is 14.8 Å². The van der Waals surface area contributed by atoms with Gasteiger partial charge in [0.25, 0.3) is 10.0 Å². The minimum absolute atomic E-state index is 0.0608. The highest BCUT2D eigenvalue weighted by Crippen LogP contribution is 2.33. The van der Waals surface area contributed by atoms with Crippen molar-refractivity contribution < 1.29 is 32.5 Å². The molecule has 2 aromatic rings. The van der Waals surface area contributed by atoms with E-state index in [9.17, 15) is 18.3 Å². The first-order valence-corrected chi connectivity index (χ1v) is 8.88. The summed E-state index contributed by atoms with van der Waals surface area (Å²) >= 11 is 0. The second-order valence-electron chi connectivity index (χ2n) is 5.12. The van der Waals surface area contributed by atoms with Crippen LogP contribution in [0.1, 0.15) is 0 Å². The first kappa shape index (κ1) is 19.4. The fourth-order valence-electron chi connectivity index (χ4n) is 2.29. The number of carboxylic acid groups (broad SMARTS) is 1. The summed E-state index contributed by atoms with van der Waals surface area (Å²) in [5.41, 5.74) is 0.140. The van der Waals surface area contributed by atoms with Crippen LogP contribution >= 0.6 is 0 Å². The highest BCUT2D eigenvalue weighted by molar-refractivity contribution is 7.92. The van der Waals surface area contributed by atoms with Crippen molar-refractivity contribution in [2.75, 3.05) is 32.2 Å². The van der Waals surface area contributed by atoms with E-state index in [1.54, 1.807) is 0 Å². The van der Waals surface area contributed by atoms with Gasteiger partial charge in [-0.25, -0.2) is 8.42 Å². The Morgan fingerprint density at radius 3 is 2.08 bits per heavy atom. The summed E-state index contributed by atoms with van der Waals surface area (Å²) < 4.78 is 42.0. The maximum atomic E-state index is 13.0. The standard InChI is InChI=1S/C17H19NO7S/c1-23-13-5-7-14(8-6-13)26(21,22)18(11-17(19)20)12-4-9-15(24-2)16(10-12)25-3/h4-10H,11H2,1-3H3,(H,19,20). The summed E-state index contributed by atoms with van der Waals surface area (Å²) in [6, 6.07) is 10.0. The normalized spacial score (nSPS) is 10.9. The molecule has 0 bridgehead atoms. The van der Waals surface area contributed by atoms with Gasteiger partial charge in [-0.1, -0.05) is 0 Å². The van der Waals surface area contributed by atoms with E-state index in [1.165, 1.54) is 63.8 Å². The molecule has 0 aliphatic heterocycles. The Bertz CT molecular complexity index is 878. The molecule has 1 N–H and O–H groups in total. The first-order valence-electron chi connectivity index (χ1n) is 7.44. The third kappa shape index (κ3) is 3.99. The van der Waals surface area contributed by atoms with E-state index >= 15 is 0 Å². The smallest absolute Gasteiger partial charge is 0.324 e. The number of hydrogen-bond acceptors (Lipinski definition) is 6. The van der Waals surface area contributed by atoms with Gasteiger partial charge in [-0.15, -0.1) is 0 Å². The molecule has 0 saturated heterocycles. The van der Waals surface area contributed by atoms with Crippen LogP contribution in [0, 0.1) is 0 Å². The summed E-state index contributed by atoms with van der Waals surface area (Å²) in [6.45, 7) is -0.746. The lowest BCUT2D eigenvalue weighted by atomic mass is 10.2. The maximum absolute atomic E-state index is 13.0. The average molecular weight is 381 g/mol. The molecule has 2 rings (SSSR count). The van der Waals surface area contributed by atoms with Gasteiger partial charge in [0.05, 0.1) is 31.9 Å². The minimum Gasteiger partial charge on any atom is -0.497 e. The van der Waals surface area contributed by atoms with Gasteiger partial charge in [0.15, 0.2) is 11.5 Å². The highest BCUT2D eigenvalue weighted by Gasteiger charge is 2.28. The summed E-state index contributed by atoms with van der Waals surface area (Å²) in [5, 5.41) is 9.18. The Labute approximate surface area is 151 Å². The SMILES string of the molecule is COc1ccc(S(=O)(=O)N(CC(=O)O)c2ccc(OC)c(OC)c2)cc1. The largest absolute Gasteiger partial charge is 0.497 e. The number of aliphatic carboxylic acids is 1. The third-order valence-electron chi connectivity index (χ3n) is 3.58. The van der Waals surface area contributed by atoms with Gasteiger partial charge in [-0.2, -0.15) is 0 Å². The van der Waals surface area contributed by atoms with Gasteiger partial charge in [0, 0.05) is 6.07 Å². The van der Waals surface area contributed by atoms with Crippen molar-refractivity contribution in [2.24, 2.45) is 0 Å². The zero-order chi connectivity index (χ0) is 19.3. The number of benzene rings is 2. The molecular formula is C17H19NO7S. The van der Waals surface area contributed by atoms with E-state index in [0.717, 1.165) is 4.31 Å². The van der Waals surface area contributed by atoms with Crippen molar-refractivity contribution in [1.29, 1.82) is 0 Å². The Hall–Kier alpha value is -2.94. The molecule has 140 valence electrons. The van der Waals surface area contributed by atoms with Crippen molar-refractivity contribution in [2.45, 2.75) is 4.90 Å². The Morgan fingerprint density at radius 1 is 0.962 bits per heavy atom. The average Bonchev–Trinajstić information content (AvgIpc) is 2.65. The molecule has 0 aliphatic rings. The molecule has 8 nitrogen and oxygen atoms in total. The molecule has 0 spiro atoms. The van der Waals surface area contributed by atoms with Gasteiger partial charge >= 0.3 is 5.97 Å². The van der Waals surface area contributed by atoms with E-state index in [0.29, 0.717) is 11.5 Å². The molecule has 0 unspecified atom stereocenters. The van der Waals surface area contributed by atoms with Crippen LogP contribution in [0.5, 0.6) is 17.2 Å². The van der Waals surface area contributed by atoms with Crippen LogP contribution in [0.2, 0.25) is 0 Å². The van der Waals surface area contributed by atoms with Crippen LogP contribution in [-0.4, -0.2) is 47.4 Å². The number of nitrogens with zero attached hydrogens (tertiary/aromatic N) is 1. The molecule has 0 aliphatic carbocycles. The van der Waals surface area contributed by atoms with Crippen LogP contribution in [0.15, 0.2) is 47.4 Å². The molecule has 0 aromatic heterocycles. The quantitative estimate of drug-likeness (QED) is 0.746. The highest BCUT2D eigenvalue weighted by atomic mass is 32.2. The van der Waals surface area contributed by atoms with Crippen molar-refractivity contribution in [3.8, 4) is 17.2 Å². The summed E-state index contributed by atoms with van der Waals surface area (Å²) in [4.78, 5) is 11.2. The van der Waals surface area contributed by atoms with E-state index in [1.807, 2.05) is 0 Å². The number of carbonyl (C=O) groups is 1. The fraction of sp³-hybridized carbons (Fsp3) is 0.235. The monoisotopic (exact) mass is 381 g/mol. The summed E-state index contributed by atoms with van der Waals surface area (Å²) in [7, 11) is 0.193. The minimum atomic E-state index is -4.12.